The van der Waals surface area contributed by atoms with Crippen LogP contribution in [0.15, 0.2) is 40.9 Å². The second kappa shape index (κ2) is 9.33. The summed E-state index contributed by atoms with van der Waals surface area (Å²) in [5, 5.41) is 23.2. The van der Waals surface area contributed by atoms with E-state index in [1.807, 2.05) is 17.5 Å². The van der Waals surface area contributed by atoms with Crippen LogP contribution >= 0.6 is 23.1 Å². The number of amides is 1. The summed E-state index contributed by atoms with van der Waals surface area (Å²) in [6, 6.07) is 8.30. The van der Waals surface area contributed by atoms with Crippen LogP contribution in [-0.4, -0.2) is 38.4 Å². The number of carbonyl (C=O) groups excluding carboxylic acids is 1. The van der Waals surface area contributed by atoms with E-state index in [0.29, 0.717) is 29.8 Å². The summed E-state index contributed by atoms with van der Waals surface area (Å²) >= 11 is 2.78. The molecule has 0 aliphatic heterocycles. The number of aromatic amines is 1. The van der Waals surface area contributed by atoms with Gasteiger partial charge in [0, 0.05) is 11.3 Å². The Labute approximate surface area is 168 Å². The number of ether oxygens (including phenoxy) is 1. The highest BCUT2D eigenvalue weighted by atomic mass is 32.2. The lowest BCUT2D eigenvalue weighted by Crippen LogP contribution is -2.15. The van der Waals surface area contributed by atoms with E-state index >= 15 is 0 Å². The number of anilines is 1. The maximum absolute atomic E-state index is 12.2. The molecule has 146 valence electrons. The molecule has 3 rings (SSSR count). The zero-order valence-electron chi connectivity index (χ0n) is 14.9. The molecule has 0 spiro atoms. The molecule has 3 aromatic rings. The molecule has 0 aliphatic rings. The van der Waals surface area contributed by atoms with Gasteiger partial charge in [0.1, 0.15) is 17.3 Å². The van der Waals surface area contributed by atoms with Crippen molar-refractivity contribution in [3.63, 3.8) is 0 Å². The molecule has 0 fully saturated rings. The van der Waals surface area contributed by atoms with Gasteiger partial charge in [-0.05, 0) is 30.5 Å². The van der Waals surface area contributed by atoms with Gasteiger partial charge in [0.05, 0.1) is 23.3 Å². The Morgan fingerprint density at radius 3 is 3.00 bits per heavy atom. The lowest BCUT2D eigenvalue weighted by molar-refractivity contribution is -0.384. The minimum absolute atomic E-state index is 0.0284. The van der Waals surface area contributed by atoms with Gasteiger partial charge in [-0.2, -0.15) is 0 Å². The number of hydrogen-bond donors (Lipinski definition) is 2. The fourth-order valence-corrected chi connectivity index (χ4v) is 3.67. The van der Waals surface area contributed by atoms with Crippen molar-refractivity contribution in [3.8, 4) is 5.75 Å². The van der Waals surface area contributed by atoms with Gasteiger partial charge in [-0.3, -0.25) is 20.0 Å². The van der Waals surface area contributed by atoms with Crippen molar-refractivity contribution >= 4 is 40.4 Å². The van der Waals surface area contributed by atoms with Crippen LogP contribution in [0.2, 0.25) is 0 Å². The molecule has 28 heavy (non-hydrogen) atoms. The van der Waals surface area contributed by atoms with Crippen molar-refractivity contribution in [3.05, 3.63) is 56.5 Å². The Bertz CT molecular complexity index is 958. The molecule has 1 amide bonds. The molecular weight excluding hydrogens is 402 g/mol. The number of thioether (sulfide) groups is 1. The number of rotatable bonds is 9. The van der Waals surface area contributed by atoms with Crippen molar-refractivity contribution in [1.29, 1.82) is 0 Å². The standard InChI is InChI=1S/C17H17N5O4S2/c1-2-26-11-5-6-13(14(8-11)22(24)25)18-16(23)10-28-17-19-15(20-21-17)9-12-4-3-7-27-12/h3-8H,2,9-10H2,1H3,(H,18,23)(H,19,20,21). The highest BCUT2D eigenvalue weighted by molar-refractivity contribution is 7.99. The molecule has 2 aromatic heterocycles. The molecule has 0 saturated heterocycles. The lowest BCUT2D eigenvalue weighted by atomic mass is 10.2. The summed E-state index contributed by atoms with van der Waals surface area (Å²) in [5.74, 6) is 0.732. The summed E-state index contributed by atoms with van der Waals surface area (Å²) < 4.78 is 5.26. The number of carbonyl (C=O) groups is 1. The number of aromatic nitrogens is 3. The molecule has 0 atom stereocenters. The maximum Gasteiger partial charge on any atom is 0.296 e. The van der Waals surface area contributed by atoms with Crippen LogP contribution in [0.1, 0.15) is 17.6 Å². The predicted octanol–water partition coefficient (Wildman–Crippen LogP) is 3.49. The van der Waals surface area contributed by atoms with E-state index in [4.69, 9.17) is 4.74 Å². The van der Waals surface area contributed by atoms with E-state index in [9.17, 15) is 14.9 Å². The fraction of sp³-hybridized carbons (Fsp3) is 0.235. The molecule has 0 aliphatic carbocycles. The van der Waals surface area contributed by atoms with Crippen molar-refractivity contribution in [2.24, 2.45) is 0 Å². The molecule has 9 nitrogen and oxygen atoms in total. The van der Waals surface area contributed by atoms with E-state index < -0.39 is 4.92 Å². The second-order valence-corrected chi connectivity index (χ2v) is 7.50. The van der Waals surface area contributed by atoms with Crippen molar-refractivity contribution < 1.29 is 14.5 Å². The summed E-state index contributed by atoms with van der Waals surface area (Å²) in [6.45, 7) is 2.18. The first-order valence-corrected chi connectivity index (χ1v) is 10.2. The Morgan fingerprint density at radius 2 is 2.29 bits per heavy atom. The average molecular weight is 419 g/mol. The lowest BCUT2D eigenvalue weighted by Gasteiger charge is -2.07. The third-order valence-corrected chi connectivity index (χ3v) is 5.24. The van der Waals surface area contributed by atoms with Crippen molar-refractivity contribution in [2.45, 2.75) is 18.5 Å². The van der Waals surface area contributed by atoms with Gasteiger partial charge in [-0.15, -0.1) is 16.4 Å². The number of nitro benzene ring substituents is 1. The van der Waals surface area contributed by atoms with Crippen LogP contribution < -0.4 is 10.1 Å². The number of nitro groups is 1. The summed E-state index contributed by atoms with van der Waals surface area (Å²) in [6.07, 6.45) is 0.649. The van der Waals surface area contributed by atoms with E-state index in [0.717, 1.165) is 16.6 Å². The SMILES string of the molecule is CCOc1ccc(NC(=O)CSc2n[nH]c(Cc3cccs3)n2)c([N+](=O)[O-])c1. The van der Waals surface area contributed by atoms with Crippen LogP contribution in [0.4, 0.5) is 11.4 Å². The van der Waals surface area contributed by atoms with Gasteiger partial charge in [-0.1, -0.05) is 17.8 Å². The molecule has 0 unspecified atom stereocenters. The number of thiophene rings is 1. The number of nitrogens with zero attached hydrogens (tertiary/aromatic N) is 3. The minimum Gasteiger partial charge on any atom is -0.494 e. The second-order valence-electron chi connectivity index (χ2n) is 5.53. The Balaban J connectivity index is 1.57. The van der Waals surface area contributed by atoms with E-state index in [1.54, 1.807) is 24.3 Å². The van der Waals surface area contributed by atoms with Gasteiger partial charge in [0.15, 0.2) is 0 Å². The van der Waals surface area contributed by atoms with Crippen molar-refractivity contribution in [2.75, 3.05) is 17.7 Å². The number of H-pyrrole nitrogens is 1. The molecule has 0 bridgehead atoms. The first kappa shape index (κ1) is 19.8. The van der Waals surface area contributed by atoms with Gasteiger partial charge < -0.3 is 10.1 Å². The molecule has 2 N–H and O–H groups in total. The third kappa shape index (κ3) is 5.30. The van der Waals surface area contributed by atoms with Gasteiger partial charge in [0.2, 0.25) is 11.1 Å². The zero-order chi connectivity index (χ0) is 19.9. The monoisotopic (exact) mass is 419 g/mol. The topological polar surface area (TPSA) is 123 Å². The van der Waals surface area contributed by atoms with Crippen LogP contribution in [0, 0.1) is 10.1 Å². The summed E-state index contributed by atoms with van der Waals surface area (Å²) in [7, 11) is 0. The molecule has 0 radical (unpaired) electrons. The minimum atomic E-state index is -0.558. The van der Waals surface area contributed by atoms with Gasteiger partial charge >= 0.3 is 0 Å². The number of hydrogen-bond acceptors (Lipinski definition) is 8. The van der Waals surface area contributed by atoms with Crippen LogP contribution in [0.25, 0.3) is 0 Å². The molecule has 2 heterocycles. The predicted molar refractivity (Wildman–Crippen MR) is 107 cm³/mol. The average Bonchev–Trinajstić information content (AvgIpc) is 3.34. The molecule has 0 saturated carbocycles. The van der Waals surface area contributed by atoms with Crippen LogP contribution in [0.3, 0.4) is 0 Å². The highest BCUT2D eigenvalue weighted by Crippen LogP contribution is 2.29. The summed E-state index contributed by atoms with van der Waals surface area (Å²) in [4.78, 5) is 28.4. The molecular formula is C17H17N5O4S2. The fourth-order valence-electron chi connectivity index (χ4n) is 2.34. The van der Waals surface area contributed by atoms with E-state index in [-0.39, 0.29) is 23.0 Å². The Hall–Kier alpha value is -2.92. The molecule has 1 aromatic carbocycles. The van der Waals surface area contributed by atoms with Crippen molar-refractivity contribution in [1.82, 2.24) is 15.2 Å². The van der Waals surface area contributed by atoms with Crippen LogP contribution in [-0.2, 0) is 11.2 Å². The third-order valence-electron chi connectivity index (χ3n) is 3.52. The first-order valence-electron chi connectivity index (χ1n) is 8.32. The number of nitrogens with one attached hydrogen (secondary N) is 2. The normalized spacial score (nSPS) is 10.6. The quantitative estimate of drug-likeness (QED) is 0.309. The first-order chi connectivity index (χ1) is 13.5. The Kier molecular flexibility index (Phi) is 6.61. The van der Waals surface area contributed by atoms with E-state index in [1.165, 1.54) is 12.1 Å². The Morgan fingerprint density at radius 1 is 1.43 bits per heavy atom. The van der Waals surface area contributed by atoms with Crippen LogP contribution in [0.5, 0.6) is 5.75 Å². The zero-order valence-corrected chi connectivity index (χ0v) is 16.5. The highest BCUT2D eigenvalue weighted by Gasteiger charge is 2.18. The van der Waals surface area contributed by atoms with Gasteiger partial charge in [0.25, 0.3) is 5.69 Å². The number of benzene rings is 1. The largest absolute Gasteiger partial charge is 0.494 e. The van der Waals surface area contributed by atoms with Gasteiger partial charge in [-0.25, -0.2) is 4.98 Å². The maximum atomic E-state index is 12.2. The molecule has 11 heteroatoms. The summed E-state index contributed by atoms with van der Waals surface area (Å²) in [5.41, 5.74) is -0.104. The van der Waals surface area contributed by atoms with E-state index in [2.05, 4.69) is 20.5 Å². The smallest absolute Gasteiger partial charge is 0.296 e.